The first-order chi connectivity index (χ1) is 6.83. The minimum atomic E-state index is 0.123. The standard InChI is InChI=1S/C7H8N4OS2/c12-1-2-14-7-5-4(8-3-9-5)6(13)10-11-7/h3,12H,1-2H2,(H,8,9)(H,10,13). The van der Waals surface area contributed by atoms with Crippen LogP contribution >= 0.6 is 24.0 Å². The zero-order chi connectivity index (χ0) is 9.97. The van der Waals surface area contributed by atoms with Gasteiger partial charge in [0.2, 0.25) is 0 Å². The van der Waals surface area contributed by atoms with Crippen LogP contribution < -0.4 is 0 Å². The Balaban J connectivity index is 2.50. The highest BCUT2D eigenvalue weighted by molar-refractivity contribution is 7.99. The number of fused-ring (bicyclic) bond motifs is 1. The lowest BCUT2D eigenvalue weighted by atomic mass is 10.5. The van der Waals surface area contributed by atoms with Crippen molar-refractivity contribution < 1.29 is 5.11 Å². The van der Waals surface area contributed by atoms with Crippen LogP contribution in [0.15, 0.2) is 11.4 Å². The highest BCUT2D eigenvalue weighted by atomic mass is 32.2. The van der Waals surface area contributed by atoms with Gasteiger partial charge < -0.3 is 10.1 Å². The molecule has 5 nitrogen and oxygen atoms in total. The SMILES string of the molecule is OCCSc1n[nH]c(=S)c2nc[nH]c12. The van der Waals surface area contributed by atoms with Crippen LogP contribution in [-0.2, 0) is 0 Å². The zero-order valence-electron chi connectivity index (χ0n) is 7.15. The van der Waals surface area contributed by atoms with Gasteiger partial charge >= 0.3 is 0 Å². The van der Waals surface area contributed by atoms with E-state index in [1.54, 1.807) is 6.33 Å². The number of aromatic nitrogens is 4. The second-order valence-electron chi connectivity index (χ2n) is 2.56. The molecule has 74 valence electrons. The minimum absolute atomic E-state index is 0.123. The highest BCUT2D eigenvalue weighted by Gasteiger charge is 2.06. The maximum absolute atomic E-state index is 8.70. The lowest BCUT2D eigenvalue weighted by molar-refractivity contribution is 0.322. The molecule has 2 rings (SSSR count). The predicted octanol–water partition coefficient (Wildman–Crippen LogP) is 1.10. The summed E-state index contributed by atoms with van der Waals surface area (Å²) < 4.78 is 0.523. The number of aliphatic hydroxyl groups excluding tert-OH is 1. The summed E-state index contributed by atoms with van der Waals surface area (Å²) in [6, 6.07) is 0. The molecule has 0 atom stereocenters. The molecule has 0 unspecified atom stereocenters. The Morgan fingerprint density at radius 2 is 2.43 bits per heavy atom. The smallest absolute Gasteiger partial charge is 0.147 e. The lowest BCUT2D eigenvalue weighted by Gasteiger charge is -1.98. The van der Waals surface area contributed by atoms with Gasteiger partial charge in [-0.05, 0) is 0 Å². The van der Waals surface area contributed by atoms with Gasteiger partial charge in [0.05, 0.1) is 12.9 Å². The van der Waals surface area contributed by atoms with Gasteiger partial charge in [0, 0.05) is 5.75 Å². The van der Waals surface area contributed by atoms with E-state index in [-0.39, 0.29) is 6.61 Å². The Morgan fingerprint density at radius 3 is 3.21 bits per heavy atom. The molecule has 0 saturated heterocycles. The normalized spacial score (nSPS) is 10.9. The molecule has 0 aromatic carbocycles. The van der Waals surface area contributed by atoms with Crippen molar-refractivity contribution in [2.45, 2.75) is 5.03 Å². The number of hydrogen-bond acceptors (Lipinski definition) is 5. The van der Waals surface area contributed by atoms with Crippen molar-refractivity contribution in [3.05, 3.63) is 11.0 Å². The molecule has 0 fully saturated rings. The molecule has 2 aromatic rings. The number of rotatable bonds is 3. The van der Waals surface area contributed by atoms with Crippen LogP contribution in [0, 0.1) is 4.64 Å². The van der Waals surface area contributed by atoms with Gasteiger partial charge in [-0.2, -0.15) is 5.10 Å². The number of aliphatic hydroxyl groups is 1. The van der Waals surface area contributed by atoms with Crippen LogP contribution in [0.25, 0.3) is 11.0 Å². The van der Waals surface area contributed by atoms with Crippen molar-refractivity contribution in [3.63, 3.8) is 0 Å². The second-order valence-corrected chi connectivity index (χ2v) is 4.05. The van der Waals surface area contributed by atoms with E-state index in [2.05, 4.69) is 20.2 Å². The minimum Gasteiger partial charge on any atom is -0.396 e. The molecule has 0 spiro atoms. The molecule has 14 heavy (non-hydrogen) atoms. The largest absolute Gasteiger partial charge is 0.396 e. The summed E-state index contributed by atoms with van der Waals surface area (Å²) in [6.45, 7) is 0.123. The van der Waals surface area contributed by atoms with Gasteiger partial charge in [-0.3, -0.25) is 5.10 Å². The van der Waals surface area contributed by atoms with E-state index in [1.807, 2.05) is 0 Å². The number of nitrogens with one attached hydrogen (secondary N) is 2. The number of nitrogens with zero attached hydrogens (tertiary/aromatic N) is 2. The van der Waals surface area contributed by atoms with Crippen molar-refractivity contribution in [1.82, 2.24) is 20.2 Å². The highest BCUT2D eigenvalue weighted by Crippen LogP contribution is 2.22. The van der Waals surface area contributed by atoms with Gasteiger partial charge in [-0.25, -0.2) is 4.98 Å². The third kappa shape index (κ3) is 1.66. The number of hydrogen-bond donors (Lipinski definition) is 3. The number of aromatic amines is 2. The molecule has 2 heterocycles. The van der Waals surface area contributed by atoms with Crippen molar-refractivity contribution in [1.29, 1.82) is 0 Å². The Bertz CT molecular complexity index is 492. The van der Waals surface area contributed by atoms with Gasteiger partial charge in [-0.15, -0.1) is 11.8 Å². The first-order valence-electron chi connectivity index (χ1n) is 3.98. The molecule has 7 heteroatoms. The third-order valence-electron chi connectivity index (χ3n) is 1.66. The van der Waals surface area contributed by atoms with Gasteiger partial charge in [-0.1, -0.05) is 12.2 Å². The fraction of sp³-hybridized carbons (Fsp3) is 0.286. The average molecular weight is 228 g/mol. The fourth-order valence-electron chi connectivity index (χ4n) is 1.09. The predicted molar refractivity (Wildman–Crippen MR) is 56.9 cm³/mol. The van der Waals surface area contributed by atoms with Crippen LogP contribution in [-0.4, -0.2) is 37.6 Å². The Morgan fingerprint density at radius 1 is 1.57 bits per heavy atom. The maximum Gasteiger partial charge on any atom is 0.147 e. The first kappa shape index (κ1) is 9.63. The molecule has 0 aliphatic carbocycles. The Labute approximate surface area is 89.0 Å². The Hall–Kier alpha value is -0.920. The topological polar surface area (TPSA) is 77.6 Å². The van der Waals surface area contributed by atoms with Crippen LogP contribution in [0.4, 0.5) is 0 Å². The summed E-state index contributed by atoms with van der Waals surface area (Å²) in [5, 5.41) is 16.3. The van der Waals surface area contributed by atoms with Gasteiger partial charge in [0.1, 0.15) is 20.7 Å². The summed E-state index contributed by atoms with van der Waals surface area (Å²) in [5.41, 5.74) is 1.54. The van der Waals surface area contributed by atoms with E-state index < -0.39 is 0 Å². The summed E-state index contributed by atoms with van der Waals surface area (Å²) in [7, 11) is 0. The molecular weight excluding hydrogens is 220 g/mol. The van der Waals surface area contributed by atoms with E-state index in [1.165, 1.54) is 11.8 Å². The molecule has 0 radical (unpaired) electrons. The molecule has 2 aromatic heterocycles. The van der Waals surface area contributed by atoms with E-state index in [4.69, 9.17) is 17.3 Å². The van der Waals surface area contributed by atoms with Crippen molar-refractivity contribution in [2.24, 2.45) is 0 Å². The molecule has 0 aliphatic heterocycles. The summed E-state index contributed by atoms with van der Waals surface area (Å²) in [4.78, 5) is 7.06. The van der Waals surface area contributed by atoms with E-state index in [9.17, 15) is 0 Å². The van der Waals surface area contributed by atoms with Gasteiger partial charge in [0.15, 0.2) is 0 Å². The van der Waals surface area contributed by atoms with Crippen molar-refractivity contribution in [2.75, 3.05) is 12.4 Å². The van der Waals surface area contributed by atoms with E-state index in [0.29, 0.717) is 10.4 Å². The van der Waals surface area contributed by atoms with Crippen LogP contribution in [0.5, 0.6) is 0 Å². The summed E-state index contributed by atoms with van der Waals surface area (Å²) >= 11 is 6.47. The van der Waals surface area contributed by atoms with E-state index in [0.717, 1.165) is 16.1 Å². The lowest BCUT2D eigenvalue weighted by Crippen LogP contribution is -1.92. The molecule has 0 aliphatic rings. The number of H-pyrrole nitrogens is 2. The zero-order valence-corrected chi connectivity index (χ0v) is 8.78. The Kier molecular flexibility index (Phi) is 2.80. The summed E-state index contributed by atoms with van der Waals surface area (Å²) in [6.07, 6.45) is 1.58. The average Bonchev–Trinajstić information content (AvgIpc) is 2.66. The van der Waals surface area contributed by atoms with Crippen LogP contribution in [0.2, 0.25) is 0 Å². The fourth-order valence-corrected chi connectivity index (χ4v) is 1.98. The number of thioether (sulfide) groups is 1. The quantitative estimate of drug-likeness (QED) is 0.541. The maximum atomic E-state index is 8.70. The van der Waals surface area contributed by atoms with Crippen molar-refractivity contribution in [3.8, 4) is 0 Å². The molecular formula is C7H8N4OS2. The van der Waals surface area contributed by atoms with Crippen molar-refractivity contribution >= 4 is 35.0 Å². The second kappa shape index (κ2) is 4.07. The van der Waals surface area contributed by atoms with E-state index >= 15 is 0 Å². The van der Waals surface area contributed by atoms with Crippen LogP contribution in [0.3, 0.4) is 0 Å². The molecule has 0 saturated carbocycles. The molecule has 0 bridgehead atoms. The van der Waals surface area contributed by atoms with Crippen LogP contribution in [0.1, 0.15) is 0 Å². The monoisotopic (exact) mass is 228 g/mol. The molecule has 0 amide bonds. The first-order valence-corrected chi connectivity index (χ1v) is 5.37. The van der Waals surface area contributed by atoms with Gasteiger partial charge in [0.25, 0.3) is 0 Å². The number of imidazole rings is 1. The third-order valence-corrected chi connectivity index (χ3v) is 2.90. The molecule has 3 N–H and O–H groups in total. The summed E-state index contributed by atoms with van der Waals surface area (Å²) in [5.74, 6) is 0.603.